The van der Waals surface area contributed by atoms with Crippen molar-refractivity contribution in [1.82, 2.24) is 0 Å². The molecule has 46 heavy (non-hydrogen) atoms. The first kappa shape index (κ1) is 31.8. The molecule has 1 heterocycles. The molecule has 1 aliphatic heterocycles. The summed E-state index contributed by atoms with van der Waals surface area (Å²) in [6.07, 6.45) is 13.4. The van der Waals surface area contributed by atoms with Crippen LogP contribution in [0.15, 0.2) is 174 Å². The van der Waals surface area contributed by atoms with Crippen molar-refractivity contribution < 1.29 is 22.7 Å². The van der Waals surface area contributed by atoms with Crippen molar-refractivity contribution in [2.75, 3.05) is 13.2 Å². The number of allylic oxidation sites excluding steroid dienone is 6. The summed E-state index contributed by atoms with van der Waals surface area (Å²) in [5.74, 6) is 0. The molecule has 3 heteroatoms. The third-order valence-electron chi connectivity index (χ3n) is 8.51. The van der Waals surface area contributed by atoms with Gasteiger partial charge in [0, 0.05) is 0 Å². The van der Waals surface area contributed by atoms with Gasteiger partial charge in [-0.25, -0.2) is 0 Å². The summed E-state index contributed by atoms with van der Waals surface area (Å²) in [5.41, 5.74) is 6.04. The van der Waals surface area contributed by atoms with E-state index in [2.05, 4.69) is 182 Å². The zero-order chi connectivity index (χ0) is 31.8. The van der Waals surface area contributed by atoms with Crippen LogP contribution in [0.1, 0.15) is 25.0 Å². The molecule has 227 valence electrons. The second kappa shape index (κ2) is 15.0. The van der Waals surface area contributed by atoms with Crippen molar-refractivity contribution in [3.63, 3.8) is 0 Å². The first-order valence-corrected chi connectivity index (χ1v) is 18.7. The maximum atomic E-state index is 5.97. The summed E-state index contributed by atoms with van der Waals surface area (Å²) in [4.78, 5) is 0. The molecule has 0 unspecified atom stereocenters. The van der Waals surface area contributed by atoms with Crippen molar-refractivity contribution in [2.45, 2.75) is 13.8 Å². The van der Waals surface area contributed by atoms with Gasteiger partial charge in [-0.2, -0.15) is 0 Å². The van der Waals surface area contributed by atoms with E-state index in [0.29, 0.717) is 13.2 Å². The Morgan fingerprint density at radius 2 is 1.11 bits per heavy atom. The van der Waals surface area contributed by atoms with Gasteiger partial charge in [0.15, 0.2) is 0 Å². The Morgan fingerprint density at radius 3 is 1.59 bits per heavy atom. The minimum absolute atomic E-state index is 0.602. The number of hydrogen-bond acceptors (Lipinski definition) is 1. The Morgan fingerprint density at radius 1 is 0.630 bits per heavy atom. The van der Waals surface area contributed by atoms with E-state index in [0.717, 1.165) is 5.57 Å². The van der Waals surface area contributed by atoms with Crippen LogP contribution in [0.25, 0.3) is 22.9 Å². The maximum absolute atomic E-state index is 5.97. The number of rotatable bonds is 8. The van der Waals surface area contributed by atoms with E-state index >= 15 is 0 Å². The average Bonchev–Trinajstić information content (AvgIpc) is 3.58. The summed E-state index contributed by atoms with van der Waals surface area (Å²) in [5, 5.41) is 7.63. The molecule has 0 atom stereocenters. The zero-order valence-corrected chi connectivity index (χ0v) is 29.6. The van der Waals surface area contributed by atoms with Gasteiger partial charge in [0.25, 0.3) is 0 Å². The molecular formula is C43H37OOsP+. The third-order valence-corrected chi connectivity index (χ3v) is 13.9. The van der Waals surface area contributed by atoms with Gasteiger partial charge in [0.2, 0.25) is 0 Å². The topological polar surface area (TPSA) is 9.23 Å². The molecule has 1 fully saturated rings. The molecule has 0 N–H and O–H groups in total. The average molecular weight is 791 g/mol. The molecule has 0 bridgehead atoms. The molecular weight excluding hydrogens is 754 g/mol. The predicted molar refractivity (Wildman–Crippen MR) is 196 cm³/mol. The summed E-state index contributed by atoms with van der Waals surface area (Å²) >= 11 is 1.82. The SMILES string of the molecule is CC=C1COCC1=CC(/C=C/c1ccc(/C=C/C)c2ccccc12)=C([C]#[Os])[P+](c1ccccc1)(c1ccccc1)c1ccccc1. The molecule has 5 aromatic carbocycles. The van der Waals surface area contributed by atoms with Crippen LogP contribution in [-0.2, 0) is 22.7 Å². The second-order valence-corrected chi connectivity index (χ2v) is 15.1. The Kier molecular flexibility index (Phi) is 10.4. The fraction of sp³-hybridized carbons (Fsp3) is 0.0930. The molecule has 6 rings (SSSR count). The number of hydrogen-bond donors (Lipinski definition) is 0. The minimum atomic E-state index is -2.38. The molecule has 0 radical (unpaired) electrons. The third kappa shape index (κ3) is 6.29. The number of benzene rings is 5. The van der Waals surface area contributed by atoms with Crippen LogP contribution in [0.2, 0.25) is 0 Å². The summed E-state index contributed by atoms with van der Waals surface area (Å²) in [7, 11) is -2.38. The fourth-order valence-electron chi connectivity index (χ4n) is 6.33. The van der Waals surface area contributed by atoms with Gasteiger partial charge in [-0.1, -0.05) is 0 Å². The van der Waals surface area contributed by atoms with Crippen LogP contribution in [0.4, 0.5) is 0 Å². The molecule has 0 aliphatic carbocycles. The van der Waals surface area contributed by atoms with E-state index < -0.39 is 7.26 Å². The van der Waals surface area contributed by atoms with E-state index in [1.165, 1.54) is 54.3 Å². The summed E-state index contributed by atoms with van der Waals surface area (Å²) in [6, 6.07) is 46.3. The van der Waals surface area contributed by atoms with Gasteiger partial charge in [-0.05, 0) is 0 Å². The Labute approximate surface area is 283 Å². The summed E-state index contributed by atoms with van der Waals surface area (Å²) < 4.78 is 9.81. The van der Waals surface area contributed by atoms with E-state index in [9.17, 15) is 0 Å². The van der Waals surface area contributed by atoms with Gasteiger partial charge in [-0.3, -0.25) is 0 Å². The van der Waals surface area contributed by atoms with Crippen molar-refractivity contribution in [3.05, 3.63) is 185 Å². The van der Waals surface area contributed by atoms with Gasteiger partial charge in [-0.15, -0.1) is 0 Å². The first-order valence-electron chi connectivity index (χ1n) is 15.6. The standard InChI is InChI=1S/C43H37OP.Os/c1-4-17-35-26-27-36(43-25-16-15-24-42(35)43)28-29-37(30-38-32-44-31-34(38)5-2)33(3)45(39-18-9-6-10-19-39,40-20-11-7-12-21-40)41-22-13-8-14-23-41;/h4-30H,31-32H2,1-2H3;/q+1;/b17-4+,29-28+,34-5?,37-33?,38-30?;. The molecule has 0 amide bonds. The van der Waals surface area contributed by atoms with Crippen molar-refractivity contribution in [3.8, 4) is 4.37 Å². The van der Waals surface area contributed by atoms with Crippen molar-refractivity contribution in [2.24, 2.45) is 0 Å². The van der Waals surface area contributed by atoms with Gasteiger partial charge in [0.05, 0.1) is 0 Å². The second-order valence-electron chi connectivity index (χ2n) is 11.2. The van der Waals surface area contributed by atoms with E-state index in [1.807, 2.05) is 17.9 Å². The van der Waals surface area contributed by atoms with E-state index in [4.69, 9.17) is 4.74 Å². The van der Waals surface area contributed by atoms with Crippen LogP contribution in [0.5, 0.6) is 0 Å². The van der Waals surface area contributed by atoms with Crippen LogP contribution in [0, 0.1) is 4.37 Å². The van der Waals surface area contributed by atoms with Gasteiger partial charge in [0.1, 0.15) is 0 Å². The molecule has 1 saturated heterocycles. The van der Waals surface area contributed by atoms with Crippen molar-refractivity contribution >= 4 is 46.1 Å². The molecule has 5 aromatic rings. The summed E-state index contributed by atoms with van der Waals surface area (Å²) in [6.45, 7) is 5.42. The predicted octanol–water partition coefficient (Wildman–Crippen LogP) is 9.54. The van der Waals surface area contributed by atoms with E-state index in [1.54, 1.807) is 0 Å². The molecule has 0 saturated carbocycles. The van der Waals surface area contributed by atoms with Gasteiger partial charge < -0.3 is 0 Å². The quantitative estimate of drug-likeness (QED) is 0.113. The molecule has 1 aliphatic rings. The van der Waals surface area contributed by atoms with Crippen LogP contribution < -0.4 is 15.9 Å². The van der Waals surface area contributed by atoms with Crippen LogP contribution in [-0.4, -0.2) is 13.2 Å². The number of fused-ring (bicyclic) bond motifs is 1. The van der Waals surface area contributed by atoms with Crippen LogP contribution >= 0.6 is 7.26 Å². The van der Waals surface area contributed by atoms with Crippen molar-refractivity contribution in [1.29, 1.82) is 0 Å². The molecule has 0 aromatic heterocycles. The molecule has 0 spiro atoms. The Balaban J connectivity index is 1.70. The Bertz CT molecular complexity index is 1930. The zero-order valence-electron chi connectivity index (χ0n) is 26.2. The fourth-order valence-corrected chi connectivity index (χ4v) is 12.1. The Hall–Kier alpha value is -4.13. The normalized spacial score (nSPS) is 16.0. The number of ether oxygens (including phenoxy) is 1. The monoisotopic (exact) mass is 792 g/mol. The molecule has 1 nitrogen and oxygen atoms in total. The van der Waals surface area contributed by atoms with E-state index in [-0.39, 0.29) is 0 Å². The first-order chi connectivity index (χ1) is 22.7. The van der Waals surface area contributed by atoms with Crippen LogP contribution in [0.3, 0.4) is 0 Å². The van der Waals surface area contributed by atoms with Gasteiger partial charge >= 0.3 is 285 Å².